The summed E-state index contributed by atoms with van der Waals surface area (Å²) in [6.07, 6.45) is -0.330. The summed E-state index contributed by atoms with van der Waals surface area (Å²) in [6.45, 7) is 4.95. The number of ether oxygens (including phenoxy) is 1. The van der Waals surface area contributed by atoms with Gasteiger partial charge in [-0.2, -0.15) is 5.10 Å². The van der Waals surface area contributed by atoms with E-state index < -0.39 is 0 Å². The molecule has 25 heavy (non-hydrogen) atoms. The van der Waals surface area contributed by atoms with E-state index in [9.17, 15) is 4.79 Å². The molecule has 1 unspecified atom stereocenters. The van der Waals surface area contributed by atoms with Crippen molar-refractivity contribution < 1.29 is 13.9 Å². The van der Waals surface area contributed by atoms with Crippen molar-refractivity contribution in [3.8, 4) is 0 Å². The summed E-state index contributed by atoms with van der Waals surface area (Å²) in [5, 5.41) is 9.79. The van der Waals surface area contributed by atoms with Crippen LogP contribution in [0.2, 0.25) is 0 Å². The Hall–Kier alpha value is -2.94. The number of oxazole rings is 1. The summed E-state index contributed by atoms with van der Waals surface area (Å²) in [5.41, 5.74) is 2.07. The van der Waals surface area contributed by atoms with Crippen molar-refractivity contribution in [3.05, 3.63) is 35.7 Å². The number of carbonyl (C=O) groups is 1. The first kappa shape index (κ1) is 15.6. The summed E-state index contributed by atoms with van der Waals surface area (Å²) in [4.78, 5) is 22.8. The van der Waals surface area contributed by atoms with Gasteiger partial charge in [-0.1, -0.05) is 0 Å². The fraction of sp³-hybridized carbons (Fsp3) is 0.375. The highest BCUT2D eigenvalue weighted by Gasteiger charge is 2.28. The van der Waals surface area contributed by atoms with Crippen LogP contribution in [0, 0.1) is 13.8 Å². The number of benzene rings is 1. The van der Waals surface area contributed by atoms with E-state index in [0.29, 0.717) is 42.7 Å². The summed E-state index contributed by atoms with van der Waals surface area (Å²) in [7, 11) is 0. The van der Waals surface area contributed by atoms with Gasteiger partial charge in [-0.15, -0.1) is 0 Å². The molecule has 2 amide bonds. The Morgan fingerprint density at radius 3 is 3.04 bits per heavy atom. The molecule has 1 atom stereocenters. The summed E-state index contributed by atoms with van der Waals surface area (Å²) in [6, 6.07) is 5.19. The Kier molecular flexibility index (Phi) is 3.85. The number of carbonyl (C=O) groups excluding carboxylic acids is 1. The molecule has 4 rings (SSSR count). The minimum Gasteiger partial charge on any atom is -0.441 e. The minimum atomic E-state index is -0.330. The van der Waals surface area contributed by atoms with Crippen LogP contribution in [0.4, 0.5) is 10.5 Å². The van der Waals surface area contributed by atoms with Crippen molar-refractivity contribution in [2.75, 3.05) is 25.0 Å². The van der Waals surface area contributed by atoms with Crippen LogP contribution in [0.5, 0.6) is 0 Å². The van der Waals surface area contributed by atoms with Crippen molar-refractivity contribution in [1.29, 1.82) is 0 Å². The van der Waals surface area contributed by atoms with Gasteiger partial charge in [-0.3, -0.25) is 5.10 Å². The summed E-state index contributed by atoms with van der Waals surface area (Å²) >= 11 is 0. The lowest BCUT2D eigenvalue weighted by Gasteiger charge is -2.31. The number of anilines is 1. The highest BCUT2D eigenvalue weighted by Crippen LogP contribution is 2.22. The molecule has 0 bridgehead atoms. The molecule has 1 saturated heterocycles. The van der Waals surface area contributed by atoms with Crippen LogP contribution in [0.1, 0.15) is 23.6 Å². The molecule has 1 aliphatic rings. The maximum atomic E-state index is 12.6. The number of urea groups is 1. The van der Waals surface area contributed by atoms with Crippen molar-refractivity contribution in [3.63, 3.8) is 0 Å². The molecule has 130 valence electrons. The van der Waals surface area contributed by atoms with Crippen LogP contribution in [0.25, 0.3) is 11.1 Å². The number of hydrogen-bond acceptors (Lipinski definition) is 6. The zero-order valence-electron chi connectivity index (χ0n) is 13.9. The van der Waals surface area contributed by atoms with Gasteiger partial charge in [0, 0.05) is 25.2 Å². The molecule has 9 nitrogen and oxygen atoms in total. The zero-order chi connectivity index (χ0) is 17.4. The molecule has 9 heteroatoms. The number of aryl methyl sites for hydroxylation is 2. The molecule has 1 aliphatic heterocycles. The molecule has 2 aromatic heterocycles. The third-order valence-electron chi connectivity index (χ3n) is 4.00. The summed E-state index contributed by atoms with van der Waals surface area (Å²) in [5.74, 6) is 1.88. The average molecular weight is 342 g/mol. The quantitative estimate of drug-likeness (QED) is 0.739. The number of rotatable bonds is 2. The molecule has 1 aromatic carbocycles. The number of hydrogen-bond donors (Lipinski definition) is 2. The smallest absolute Gasteiger partial charge is 0.322 e. The van der Waals surface area contributed by atoms with E-state index in [0.717, 1.165) is 11.3 Å². The van der Waals surface area contributed by atoms with Crippen molar-refractivity contribution >= 4 is 22.8 Å². The SMILES string of the molecule is Cc1nc(C2CN(C(=O)Nc3ccc4nc(C)oc4c3)CCO2)n[nH]1. The van der Waals surface area contributed by atoms with Gasteiger partial charge in [0.1, 0.15) is 17.4 Å². The van der Waals surface area contributed by atoms with Gasteiger partial charge >= 0.3 is 6.03 Å². The number of amides is 2. The van der Waals surface area contributed by atoms with Gasteiger partial charge in [0.05, 0.1) is 13.2 Å². The lowest BCUT2D eigenvalue weighted by molar-refractivity contribution is -0.0179. The first-order valence-electron chi connectivity index (χ1n) is 8.02. The molecule has 1 fully saturated rings. The topological polar surface area (TPSA) is 109 Å². The maximum absolute atomic E-state index is 12.6. The van der Waals surface area contributed by atoms with Gasteiger partial charge in [0.25, 0.3) is 0 Å². The van der Waals surface area contributed by atoms with Crippen molar-refractivity contribution in [2.24, 2.45) is 0 Å². The largest absolute Gasteiger partial charge is 0.441 e. The highest BCUT2D eigenvalue weighted by atomic mass is 16.5. The molecule has 2 N–H and O–H groups in total. The van der Waals surface area contributed by atoms with E-state index in [-0.39, 0.29) is 12.1 Å². The van der Waals surface area contributed by atoms with Crippen LogP contribution < -0.4 is 5.32 Å². The van der Waals surface area contributed by atoms with E-state index in [2.05, 4.69) is 25.5 Å². The van der Waals surface area contributed by atoms with Gasteiger partial charge in [-0.25, -0.2) is 14.8 Å². The van der Waals surface area contributed by atoms with E-state index in [4.69, 9.17) is 9.15 Å². The Bertz CT molecular complexity index is 918. The zero-order valence-corrected chi connectivity index (χ0v) is 13.9. The second kappa shape index (κ2) is 6.17. The average Bonchev–Trinajstić information content (AvgIpc) is 3.19. The number of nitrogens with one attached hydrogen (secondary N) is 2. The Labute approximate surface area is 143 Å². The van der Waals surface area contributed by atoms with Crippen molar-refractivity contribution in [2.45, 2.75) is 20.0 Å². The van der Waals surface area contributed by atoms with Crippen LogP contribution in [0.3, 0.4) is 0 Å². The number of fused-ring (bicyclic) bond motifs is 1. The second-order valence-corrected chi connectivity index (χ2v) is 5.93. The fourth-order valence-electron chi connectivity index (χ4n) is 2.81. The lowest BCUT2D eigenvalue weighted by Crippen LogP contribution is -2.44. The molecular formula is C16H18N6O3. The van der Waals surface area contributed by atoms with E-state index in [1.54, 1.807) is 24.0 Å². The number of aromatic amines is 1. The molecule has 0 spiro atoms. The third-order valence-corrected chi connectivity index (χ3v) is 4.00. The Morgan fingerprint density at radius 1 is 1.36 bits per heavy atom. The fourth-order valence-corrected chi connectivity index (χ4v) is 2.81. The number of H-pyrrole nitrogens is 1. The molecule has 3 aromatic rings. The van der Waals surface area contributed by atoms with Crippen LogP contribution >= 0.6 is 0 Å². The van der Waals surface area contributed by atoms with Crippen LogP contribution in [-0.2, 0) is 4.74 Å². The number of morpholine rings is 1. The number of nitrogens with zero attached hydrogens (tertiary/aromatic N) is 4. The van der Waals surface area contributed by atoms with Crippen LogP contribution in [0.15, 0.2) is 22.6 Å². The lowest BCUT2D eigenvalue weighted by atomic mass is 10.2. The van der Waals surface area contributed by atoms with Crippen LogP contribution in [-0.4, -0.2) is 50.8 Å². The third kappa shape index (κ3) is 3.18. The second-order valence-electron chi connectivity index (χ2n) is 5.93. The molecule has 0 radical (unpaired) electrons. The Balaban J connectivity index is 1.45. The number of aromatic nitrogens is 4. The first-order chi connectivity index (χ1) is 12.1. The molecule has 3 heterocycles. The van der Waals surface area contributed by atoms with Gasteiger partial charge in [0.2, 0.25) is 0 Å². The highest BCUT2D eigenvalue weighted by molar-refractivity contribution is 5.91. The predicted molar refractivity (Wildman–Crippen MR) is 89.2 cm³/mol. The van der Waals surface area contributed by atoms with Gasteiger partial charge in [-0.05, 0) is 19.1 Å². The van der Waals surface area contributed by atoms with E-state index in [1.165, 1.54) is 0 Å². The predicted octanol–water partition coefficient (Wildman–Crippen LogP) is 2.17. The first-order valence-corrected chi connectivity index (χ1v) is 8.02. The Morgan fingerprint density at radius 2 is 2.24 bits per heavy atom. The van der Waals surface area contributed by atoms with Crippen molar-refractivity contribution in [1.82, 2.24) is 25.1 Å². The minimum absolute atomic E-state index is 0.198. The van der Waals surface area contributed by atoms with E-state index in [1.807, 2.05) is 13.0 Å². The molecule has 0 saturated carbocycles. The molecular weight excluding hydrogens is 324 g/mol. The van der Waals surface area contributed by atoms with E-state index >= 15 is 0 Å². The normalized spacial score (nSPS) is 17.8. The maximum Gasteiger partial charge on any atom is 0.322 e. The van der Waals surface area contributed by atoms with Gasteiger partial charge < -0.3 is 19.4 Å². The summed E-state index contributed by atoms with van der Waals surface area (Å²) < 4.78 is 11.2. The van der Waals surface area contributed by atoms with Gasteiger partial charge in [0.15, 0.2) is 17.3 Å². The standard InChI is InChI=1S/C16H18N6O3/c1-9-17-15(21-20-9)14-8-22(5-6-24-14)16(23)19-11-3-4-12-13(7-11)25-10(2)18-12/h3-4,7,14H,5-6,8H2,1-2H3,(H,19,23)(H,17,20,21). The monoisotopic (exact) mass is 342 g/mol. The molecule has 0 aliphatic carbocycles.